The molecule has 1 aromatic heterocycles. The van der Waals surface area contributed by atoms with Gasteiger partial charge in [0.05, 0.1) is 6.20 Å². The fourth-order valence-electron chi connectivity index (χ4n) is 2.82. The number of fused-ring (bicyclic) bond motifs is 1. The lowest BCUT2D eigenvalue weighted by Gasteiger charge is -2.18. The Hall–Kier alpha value is -1.64. The first-order chi connectivity index (χ1) is 8.08. The molecule has 0 saturated heterocycles. The van der Waals surface area contributed by atoms with E-state index in [9.17, 15) is 4.39 Å². The van der Waals surface area contributed by atoms with E-state index < -0.39 is 0 Å². The molecule has 1 atom stereocenters. The molecule has 17 heavy (non-hydrogen) atoms. The van der Waals surface area contributed by atoms with Crippen molar-refractivity contribution in [3.8, 4) is 0 Å². The van der Waals surface area contributed by atoms with E-state index in [0.717, 1.165) is 6.42 Å². The summed E-state index contributed by atoms with van der Waals surface area (Å²) in [6.45, 7) is 4.43. The smallest absolute Gasteiger partial charge is 0.123 e. The fraction of sp³-hybridized carbons (Fsp3) is 0.357. The number of H-pyrrole nitrogens is 1. The molecule has 0 bridgehead atoms. The number of rotatable bonds is 1. The second kappa shape index (κ2) is 3.42. The molecule has 1 aromatic carbocycles. The molecule has 0 aliphatic heterocycles. The molecular weight excluding hydrogens is 215 g/mol. The summed E-state index contributed by atoms with van der Waals surface area (Å²) < 4.78 is 12.9. The van der Waals surface area contributed by atoms with Gasteiger partial charge in [0.2, 0.25) is 0 Å². The summed E-state index contributed by atoms with van der Waals surface area (Å²) in [5.41, 5.74) is 3.75. The Balaban J connectivity index is 2.05. The van der Waals surface area contributed by atoms with E-state index in [4.69, 9.17) is 0 Å². The van der Waals surface area contributed by atoms with Gasteiger partial charge in [-0.05, 0) is 24.1 Å². The molecule has 2 nitrogen and oxygen atoms in total. The molecule has 3 rings (SSSR count). The number of nitrogens with one attached hydrogen (secondary N) is 1. The molecule has 1 unspecified atom stereocenters. The minimum absolute atomic E-state index is 0.116. The van der Waals surface area contributed by atoms with Crippen LogP contribution in [-0.4, -0.2) is 10.2 Å². The van der Waals surface area contributed by atoms with Crippen LogP contribution in [0.1, 0.15) is 43.0 Å². The summed E-state index contributed by atoms with van der Waals surface area (Å²) in [5.74, 6) is 0.151. The SMILES string of the molecule is CC1(C)CC(c2ccc(F)cc2)c2cn[nH]c21. The summed E-state index contributed by atoms with van der Waals surface area (Å²) in [7, 11) is 0. The lowest BCUT2D eigenvalue weighted by Crippen LogP contribution is -2.14. The van der Waals surface area contributed by atoms with Crippen LogP contribution in [0.2, 0.25) is 0 Å². The zero-order chi connectivity index (χ0) is 12.0. The van der Waals surface area contributed by atoms with Gasteiger partial charge in [0.1, 0.15) is 5.82 Å². The summed E-state index contributed by atoms with van der Waals surface area (Å²) in [4.78, 5) is 0. The Morgan fingerprint density at radius 1 is 1.29 bits per heavy atom. The predicted octanol–water partition coefficient (Wildman–Crippen LogP) is 3.36. The van der Waals surface area contributed by atoms with Gasteiger partial charge in [-0.1, -0.05) is 26.0 Å². The molecule has 0 radical (unpaired) electrons. The third-order valence-electron chi connectivity index (χ3n) is 3.71. The molecule has 1 aliphatic carbocycles. The third-order valence-corrected chi connectivity index (χ3v) is 3.71. The van der Waals surface area contributed by atoms with E-state index in [1.54, 1.807) is 0 Å². The topological polar surface area (TPSA) is 28.7 Å². The number of benzene rings is 1. The number of aromatic amines is 1. The van der Waals surface area contributed by atoms with Crippen LogP contribution in [0.5, 0.6) is 0 Å². The largest absolute Gasteiger partial charge is 0.282 e. The highest BCUT2D eigenvalue weighted by Gasteiger charge is 2.39. The van der Waals surface area contributed by atoms with E-state index >= 15 is 0 Å². The number of aromatic nitrogens is 2. The second-order valence-corrected chi connectivity index (χ2v) is 5.39. The molecule has 88 valence electrons. The van der Waals surface area contributed by atoms with E-state index in [2.05, 4.69) is 24.0 Å². The summed E-state index contributed by atoms with van der Waals surface area (Å²) in [6, 6.07) is 6.80. The zero-order valence-electron chi connectivity index (χ0n) is 10.00. The highest BCUT2D eigenvalue weighted by atomic mass is 19.1. The van der Waals surface area contributed by atoms with Crippen molar-refractivity contribution in [1.29, 1.82) is 0 Å². The van der Waals surface area contributed by atoms with Crippen molar-refractivity contribution in [3.05, 3.63) is 53.1 Å². The first-order valence-corrected chi connectivity index (χ1v) is 5.87. The minimum atomic E-state index is -0.182. The Labute approximate surface area is 99.9 Å². The summed E-state index contributed by atoms with van der Waals surface area (Å²) in [5, 5.41) is 7.23. The number of halogens is 1. The fourth-order valence-corrected chi connectivity index (χ4v) is 2.82. The Morgan fingerprint density at radius 3 is 2.71 bits per heavy atom. The van der Waals surface area contributed by atoms with Crippen LogP contribution in [0.3, 0.4) is 0 Å². The molecule has 0 spiro atoms. The monoisotopic (exact) mass is 230 g/mol. The van der Waals surface area contributed by atoms with Crippen molar-refractivity contribution < 1.29 is 4.39 Å². The third kappa shape index (κ3) is 1.57. The molecule has 0 amide bonds. The first-order valence-electron chi connectivity index (χ1n) is 5.87. The van der Waals surface area contributed by atoms with E-state index in [-0.39, 0.29) is 11.2 Å². The quantitative estimate of drug-likeness (QED) is 0.799. The van der Waals surface area contributed by atoms with Crippen LogP contribution in [0, 0.1) is 5.82 Å². The van der Waals surface area contributed by atoms with Crippen LogP contribution in [0.25, 0.3) is 0 Å². The van der Waals surface area contributed by atoms with Crippen molar-refractivity contribution >= 4 is 0 Å². The van der Waals surface area contributed by atoms with Gasteiger partial charge in [-0.2, -0.15) is 5.10 Å². The Bertz CT molecular complexity index is 540. The van der Waals surface area contributed by atoms with Crippen molar-refractivity contribution in [2.24, 2.45) is 0 Å². The standard InChI is InChI=1S/C14H15FN2/c1-14(2)7-11(12-8-16-17-13(12)14)9-3-5-10(15)6-4-9/h3-6,8,11H,7H2,1-2H3,(H,16,17). The van der Waals surface area contributed by atoms with Crippen molar-refractivity contribution in [1.82, 2.24) is 10.2 Å². The predicted molar refractivity (Wildman–Crippen MR) is 64.5 cm³/mol. The van der Waals surface area contributed by atoms with E-state index in [1.165, 1.54) is 29.0 Å². The average molecular weight is 230 g/mol. The Kier molecular flexibility index (Phi) is 2.12. The molecule has 1 aliphatic rings. The summed E-state index contributed by atoms with van der Waals surface area (Å²) >= 11 is 0. The van der Waals surface area contributed by atoms with Crippen LogP contribution in [-0.2, 0) is 5.41 Å². The van der Waals surface area contributed by atoms with Crippen molar-refractivity contribution in [2.45, 2.75) is 31.6 Å². The van der Waals surface area contributed by atoms with Gasteiger partial charge in [0.25, 0.3) is 0 Å². The minimum Gasteiger partial charge on any atom is -0.282 e. The first kappa shape index (κ1) is 10.5. The molecule has 0 fully saturated rings. The molecule has 2 aromatic rings. The maximum absolute atomic E-state index is 12.9. The number of hydrogen-bond donors (Lipinski definition) is 1. The number of nitrogens with zero attached hydrogens (tertiary/aromatic N) is 1. The highest BCUT2D eigenvalue weighted by Crippen LogP contribution is 2.47. The van der Waals surface area contributed by atoms with Crippen LogP contribution >= 0.6 is 0 Å². The van der Waals surface area contributed by atoms with Gasteiger partial charge < -0.3 is 0 Å². The molecule has 0 saturated carbocycles. The summed E-state index contributed by atoms with van der Waals surface area (Å²) in [6.07, 6.45) is 2.94. The van der Waals surface area contributed by atoms with Gasteiger partial charge in [0.15, 0.2) is 0 Å². The molecular formula is C14H15FN2. The van der Waals surface area contributed by atoms with E-state index in [1.807, 2.05) is 18.3 Å². The molecule has 1 heterocycles. The van der Waals surface area contributed by atoms with Gasteiger partial charge in [-0.3, -0.25) is 5.10 Å². The normalized spacial score (nSPS) is 21.5. The lowest BCUT2D eigenvalue weighted by atomic mass is 9.86. The van der Waals surface area contributed by atoms with Crippen LogP contribution in [0.15, 0.2) is 30.5 Å². The van der Waals surface area contributed by atoms with Crippen molar-refractivity contribution in [3.63, 3.8) is 0 Å². The number of hydrogen-bond acceptors (Lipinski definition) is 1. The zero-order valence-corrected chi connectivity index (χ0v) is 10.00. The maximum Gasteiger partial charge on any atom is 0.123 e. The molecule has 3 heteroatoms. The Morgan fingerprint density at radius 2 is 2.00 bits per heavy atom. The highest BCUT2D eigenvalue weighted by molar-refractivity contribution is 5.42. The van der Waals surface area contributed by atoms with Gasteiger partial charge >= 0.3 is 0 Å². The second-order valence-electron chi connectivity index (χ2n) is 5.39. The van der Waals surface area contributed by atoms with Gasteiger partial charge in [0, 0.05) is 22.6 Å². The van der Waals surface area contributed by atoms with Crippen molar-refractivity contribution in [2.75, 3.05) is 0 Å². The van der Waals surface area contributed by atoms with Crippen LogP contribution in [0.4, 0.5) is 4.39 Å². The lowest BCUT2D eigenvalue weighted by molar-refractivity contribution is 0.483. The molecule has 1 N–H and O–H groups in total. The average Bonchev–Trinajstić information content (AvgIpc) is 2.84. The van der Waals surface area contributed by atoms with E-state index in [0.29, 0.717) is 5.92 Å². The van der Waals surface area contributed by atoms with Crippen LogP contribution < -0.4 is 0 Å². The maximum atomic E-state index is 12.9. The van der Waals surface area contributed by atoms with Gasteiger partial charge in [-0.15, -0.1) is 0 Å². The van der Waals surface area contributed by atoms with Gasteiger partial charge in [-0.25, -0.2) is 4.39 Å².